The Kier molecular flexibility index (Phi) is 3.50. The van der Waals surface area contributed by atoms with E-state index < -0.39 is 0 Å². The summed E-state index contributed by atoms with van der Waals surface area (Å²) in [6.07, 6.45) is 0. The molecule has 2 aromatic carbocycles. The number of anilines is 3. The van der Waals surface area contributed by atoms with Crippen LogP contribution in [0.4, 0.5) is 17.1 Å². The Balaban J connectivity index is 1.96. The maximum absolute atomic E-state index is 6.15. The van der Waals surface area contributed by atoms with E-state index >= 15 is 0 Å². The number of nitrogens with one attached hydrogen (secondary N) is 1. The van der Waals surface area contributed by atoms with Crippen molar-refractivity contribution in [1.82, 2.24) is 4.98 Å². The summed E-state index contributed by atoms with van der Waals surface area (Å²) in [6.45, 7) is 0. The van der Waals surface area contributed by atoms with Gasteiger partial charge in [-0.1, -0.05) is 0 Å². The molecule has 20 heavy (non-hydrogen) atoms. The van der Waals surface area contributed by atoms with Crippen LogP contribution in [0, 0.1) is 0 Å². The zero-order valence-corrected chi connectivity index (χ0v) is 13.1. The molecule has 1 aromatic heterocycles. The number of benzene rings is 2. The van der Waals surface area contributed by atoms with Crippen LogP contribution in [0.15, 0.2) is 40.3 Å². The number of nitrogen functional groups attached to an aromatic ring is 1. The lowest BCUT2D eigenvalue weighted by atomic mass is 10.2. The number of rotatable bonds is 3. The molecule has 3 rings (SSSR count). The summed E-state index contributed by atoms with van der Waals surface area (Å²) in [5.74, 6) is 0.790. The first kappa shape index (κ1) is 13.2. The van der Waals surface area contributed by atoms with Crippen LogP contribution in [0.5, 0.6) is 5.75 Å². The molecule has 1 heterocycles. The molecule has 0 radical (unpaired) electrons. The van der Waals surface area contributed by atoms with E-state index in [9.17, 15) is 0 Å². The Hall–Kier alpha value is -1.79. The molecular formula is C14H12BrN3OS. The van der Waals surface area contributed by atoms with E-state index in [-0.39, 0.29) is 0 Å². The Morgan fingerprint density at radius 3 is 2.90 bits per heavy atom. The molecule has 0 atom stereocenters. The molecule has 0 aliphatic carbocycles. The van der Waals surface area contributed by atoms with Gasteiger partial charge < -0.3 is 15.8 Å². The fourth-order valence-corrected chi connectivity index (χ4v) is 3.19. The highest BCUT2D eigenvalue weighted by molar-refractivity contribution is 9.10. The molecule has 102 valence electrons. The van der Waals surface area contributed by atoms with Crippen LogP contribution >= 0.6 is 27.3 Å². The summed E-state index contributed by atoms with van der Waals surface area (Å²) in [6, 6.07) is 9.76. The maximum Gasteiger partial charge on any atom is 0.133 e. The van der Waals surface area contributed by atoms with Crippen LogP contribution in [0.1, 0.15) is 0 Å². The molecule has 3 aromatic rings. The SMILES string of the molecule is COc1ccc(Nc2ccc3scnc3c2N)cc1Br. The summed E-state index contributed by atoms with van der Waals surface area (Å²) >= 11 is 5.05. The van der Waals surface area contributed by atoms with Crippen molar-refractivity contribution in [3.05, 3.63) is 40.3 Å². The zero-order chi connectivity index (χ0) is 14.1. The van der Waals surface area contributed by atoms with Gasteiger partial charge in [-0.05, 0) is 46.3 Å². The van der Waals surface area contributed by atoms with Crippen LogP contribution in [0.3, 0.4) is 0 Å². The Morgan fingerprint density at radius 2 is 2.15 bits per heavy atom. The highest BCUT2D eigenvalue weighted by Crippen LogP contribution is 2.34. The summed E-state index contributed by atoms with van der Waals surface area (Å²) < 4.78 is 7.19. The second-order valence-corrected chi connectivity index (χ2v) is 5.94. The van der Waals surface area contributed by atoms with Crippen LogP contribution in [0.2, 0.25) is 0 Å². The molecule has 0 aliphatic heterocycles. The third-order valence-electron chi connectivity index (χ3n) is 2.97. The van der Waals surface area contributed by atoms with Gasteiger partial charge in [0.1, 0.15) is 11.3 Å². The normalized spacial score (nSPS) is 10.7. The first-order valence-electron chi connectivity index (χ1n) is 5.91. The van der Waals surface area contributed by atoms with Crippen molar-refractivity contribution in [2.75, 3.05) is 18.2 Å². The van der Waals surface area contributed by atoms with Crippen molar-refractivity contribution in [2.24, 2.45) is 0 Å². The van der Waals surface area contributed by atoms with Gasteiger partial charge >= 0.3 is 0 Å². The van der Waals surface area contributed by atoms with E-state index in [0.29, 0.717) is 5.69 Å². The lowest BCUT2D eigenvalue weighted by Crippen LogP contribution is -1.97. The molecule has 0 aliphatic rings. The smallest absolute Gasteiger partial charge is 0.133 e. The number of nitrogens with two attached hydrogens (primary N) is 1. The molecule has 0 unspecified atom stereocenters. The molecule has 0 amide bonds. The van der Waals surface area contributed by atoms with E-state index in [1.54, 1.807) is 24.0 Å². The summed E-state index contributed by atoms with van der Waals surface area (Å²) in [7, 11) is 1.64. The van der Waals surface area contributed by atoms with Crippen molar-refractivity contribution in [3.8, 4) is 5.75 Å². The molecular weight excluding hydrogens is 338 g/mol. The van der Waals surface area contributed by atoms with Crippen LogP contribution < -0.4 is 15.8 Å². The van der Waals surface area contributed by atoms with Crippen molar-refractivity contribution in [2.45, 2.75) is 0 Å². The monoisotopic (exact) mass is 349 g/mol. The Labute approximate surface area is 128 Å². The van der Waals surface area contributed by atoms with Gasteiger partial charge in [-0.15, -0.1) is 11.3 Å². The van der Waals surface area contributed by atoms with Crippen LogP contribution in [-0.2, 0) is 0 Å². The Bertz CT molecular complexity index is 772. The average Bonchev–Trinajstić information content (AvgIpc) is 2.91. The first-order chi connectivity index (χ1) is 9.69. The number of methoxy groups -OCH3 is 1. The molecule has 6 heteroatoms. The maximum atomic E-state index is 6.15. The number of nitrogens with zero attached hydrogens (tertiary/aromatic N) is 1. The quantitative estimate of drug-likeness (QED) is 0.688. The largest absolute Gasteiger partial charge is 0.496 e. The van der Waals surface area contributed by atoms with E-state index in [1.165, 1.54) is 0 Å². The van der Waals surface area contributed by atoms with Crippen molar-refractivity contribution >= 4 is 54.5 Å². The van der Waals surface area contributed by atoms with Gasteiger partial charge in [0.25, 0.3) is 0 Å². The minimum absolute atomic E-state index is 0.663. The fourth-order valence-electron chi connectivity index (χ4n) is 1.96. The molecule has 0 spiro atoms. The topological polar surface area (TPSA) is 60.2 Å². The predicted molar refractivity (Wildman–Crippen MR) is 88.0 cm³/mol. The number of hydrogen-bond acceptors (Lipinski definition) is 5. The molecule has 0 fully saturated rings. The number of halogens is 1. The molecule has 4 nitrogen and oxygen atoms in total. The summed E-state index contributed by atoms with van der Waals surface area (Å²) in [4.78, 5) is 4.29. The average molecular weight is 350 g/mol. The van der Waals surface area contributed by atoms with Gasteiger partial charge in [0, 0.05) is 5.69 Å². The van der Waals surface area contributed by atoms with E-state index in [1.807, 2.05) is 30.3 Å². The number of fused-ring (bicyclic) bond motifs is 1. The van der Waals surface area contributed by atoms with Crippen LogP contribution in [-0.4, -0.2) is 12.1 Å². The highest BCUT2D eigenvalue weighted by Gasteiger charge is 2.08. The second-order valence-electron chi connectivity index (χ2n) is 4.20. The lowest BCUT2D eigenvalue weighted by Gasteiger charge is -2.11. The third-order valence-corrected chi connectivity index (χ3v) is 4.39. The van der Waals surface area contributed by atoms with Gasteiger partial charge in [0.2, 0.25) is 0 Å². The number of thiazole rings is 1. The van der Waals surface area contributed by atoms with Gasteiger partial charge in [0.15, 0.2) is 0 Å². The highest BCUT2D eigenvalue weighted by atomic mass is 79.9. The van der Waals surface area contributed by atoms with Gasteiger partial charge in [0.05, 0.1) is 33.2 Å². The summed E-state index contributed by atoms with van der Waals surface area (Å²) in [5, 5.41) is 3.30. The predicted octanol–water partition coefficient (Wildman–Crippen LogP) is 4.39. The van der Waals surface area contributed by atoms with Gasteiger partial charge in [-0.25, -0.2) is 4.98 Å². The first-order valence-corrected chi connectivity index (χ1v) is 7.58. The second kappa shape index (κ2) is 5.30. The summed E-state index contributed by atoms with van der Waals surface area (Å²) in [5.41, 5.74) is 11.2. The molecule has 0 bridgehead atoms. The van der Waals surface area contributed by atoms with Crippen molar-refractivity contribution in [1.29, 1.82) is 0 Å². The Morgan fingerprint density at radius 1 is 1.30 bits per heavy atom. The molecule has 0 saturated heterocycles. The van der Waals surface area contributed by atoms with E-state index in [0.717, 1.165) is 31.8 Å². The van der Waals surface area contributed by atoms with E-state index in [2.05, 4.69) is 26.2 Å². The lowest BCUT2D eigenvalue weighted by molar-refractivity contribution is 0.412. The zero-order valence-electron chi connectivity index (χ0n) is 10.7. The van der Waals surface area contributed by atoms with Gasteiger partial charge in [-0.2, -0.15) is 0 Å². The van der Waals surface area contributed by atoms with Crippen molar-refractivity contribution < 1.29 is 4.74 Å². The van der Waals surface area contributed by atoms with Crippen molar-refractivity contribution in [3.63, 3.8) is 0 Å². The molecule has 0 saturated carbocycles. The molecule has 3 N–H and O–H groups in total. The van der Waals surface area contributed by atoms with E-state index in [4.69, 9.17) is 10.5 Å². The number of aromatic nitrogens is 1. The number of ether oxygens (including phenoxy) is 1. The minimum Gasteiger partial charge on any atom is -0.496 e. The van der Waals surface area contributed by atoms with Gasteiger partial charge in [-0.3, -0.25) is 0 Å². The fraction of sp³-hybridized carbons (Fsp3) is 0.0714. The number of hydrogen-bond donors (Lipinski definition) is 2. The minimum atomic E-state index is 0.663. The third kappa shape index (κ3) is 2.32. The standard InChI is InChI=1S/C14H12BrN3OS/c1-19-11-4-2-8(6-9(11)15)18-10-3-5-12-14(13(10)16)17-7-20-12/h2-7,18H,16H2,1H3. The van der Waals surface area contributed by atoms with Crippen LogP contribution in [0.25, 0.3) is 10.2 Å².